The topological polar surface area (TPSA) is 94.3 Å². The molecule has 0 aliphatic carbocycles. The van der Waals surface area contributed by atoms with E-state index in [1.807, 2.05) is 0 Å². The lowest BCUT2D eigenvalue weighted by Gasteiger charge is -2.06. The van der Waals surface area contributed by atoms with E-state index in [1.165, 1.54) is 18.2 Å². The summed E-state index contributed by atoms with van der Waals surface area (Å²) in [5.74, 6) is -0.428. The zero-order valence-corrected chi connectivity index (χ0v) is 12.1. The number of benzene rings is 1. The van der Waals surface area contributed by atoms with Gasteiger partial charge in [0.2, 0.25) is 0 Å². The van der Waals surface area contributed by atoms with Gasteiger partial charge in [0.15, 0.2) is 9.84 Å². The summed E-state index contributed by atoms with van der Waals surface area (Å²) in [5.41, 5.74) is 5.84. The van der Waals surface area contributed by atoms with Gasteiger partial charge >= 0.3 is 0 Å². The summed E-state index contributed by atoms with van der Waals surface area (Å²) in [5, 5.41) is 0.0503. The number of sulfone groups is 2. The Morgan fingerprint density at radius 1 is 1.17 bits per heavy atom. The molecule has 0 aliphatic heterocycles. The second kappa shape index (κ2) is 5.46. The highest BCUT2D eigenvalue weighted by molar-refractivity contribution is 7.92. The van der Waals surface area contributed by atoms with E-state index in [4.69, 9.17) is 17.3 Å². The van der Waals surface area contributed by atoms with Gasteiger partial charge in [0, 0.05) is 11.9 Å². The first-order valence-electron chi connectivity index (χ1n) is 5.07. The molecule has 102 valence electrons. The SMILES string of the molecule is CS(=O)(=O)CCCS(=O)(=O)c1ccc(N)cc1Cl. The van der Waals surface area contributed by atoms with Crippen molar-refractivity contribution < 1.29 is 16.8 Å². The molecule has 0 bridgehead atoms. The number of nitrogen functional groups attached to an aromatic ring is 1. The number of halogens is 1. The first kappa shape index (κ1) is 15.3. The quantitative estimate of drug-likeness (QED) is 0.823. The van der Waals surface area contributed by atoms with E-state index in [9.17, 15) is 16.8 Å². The van der Waals surface area contributed by atoms with Crippen LogP contribution in [-0.2, 0) is 19.7 Å². The van der Waals surface area contributed by atoms with Crippen molar-refractivity contribution in [3.05, 3.63) is 23.2 Å². The van der Waals surface area contributed by atoms with Crippen molar-refractivity contribution in [2.24, 2.45) is 0 Å². The van der Waals surface area contributed by atoms with Crippen LogP contribution in [0.15, 0.2) is 23.1 Å². The molecule has 0 radical (unpaired) electrons. The molecule has 1 aromatic rings. The Labute approximate surface area is 112 Å². The smallest absolute Gasteiger partial charge is 0.179 e. The summed E-state index contributed by atoms with van der Waals surface area (Å²) in [4.78, 5) is -0.0214. The Balaban J connectivity index is 2.87. The third-order valence-corrected chi connectivity index (χ3v) is 5.53. The molecular formula is C10H14ClNO4S2. The molecule has 1 rings (SSSR count). The van der Waals surface area contributed by atoms with Crippen LogP contribution in [0.5, 0.6) is 0 Å². The average Bonchev–Trinajstić information content (AvgIpc) is 2.13. The fourth-order valence-corrected chi connectivity index (χ4v) is 4.16. The number of hydrogen-bond donors (Lipinski definition) is 1. The van der Waals surface area contributed by atoms with Gasteiger partial charge in [-0.25, -0.2) is 16.8 Å². The van der Waals surface area contributed by atoms with Gasteiger partial charge in [0.25, 0.3) is 0 Å². The molecule has 0 saturated heterocycles. The molecule has 1 aromatic carbocycles. The third-order valence-electron chi connectivity index (χ3n) is 2.22. The van der Waals surface area contributed by atoms with Crippen molar-refractivity contribution >= 4 is 37.0 Å². The minimum Gasteiger partial charge on any atom is -0.399 e. The summed E-state index contributed by atoms with van der Waals surface area (Å²) in [6.07, 6.45) is 1.11. The highest BCUT2D eigenvalue weighted by Crippen LogP contribution is 2.25. The Kier molecular flexibility index (Phi) is 4.63. The number of anilines is 1. The van der Waals surface area contributed by atoms with Gasteiger partial charge in [-0.3, -0.25) is 0 Å². The molecule has 0 spiro atoms. The van der Waals surface area contributed by atoms with Gasteiger partial charge in [-0.05, 0) is 24.6 Å². The van der Waals surface area contributed by atoms with Crippen molar-refractivity contribution in [1.82, 2.24) is 0 Å². The van der Waals surface area contributed by atoms with Crippen LogP contribution in [0.25, 0.3) is 0 Å². The summed E-state index contributed by atoms with van der Waals surface area (Å²) in [6.45, 7) is 0. The molecule has 2 N–H and O–H groups in total. The van der Waals surface area contributed by atoms with Gasteiger partial charge in [-0.1, -0.05) is 11.6 Å². The predicted molar refractivity (Wildman–Crippen MR) is 72.2 cm³/mol. The van der Waals surface area contributed by atoms with E-state index in [2.05, 4.69) is 0 Å². The summed E-state index contributed by atoms with van der Waals surface area (Å²) in [7, 11) is -6.75. The maximum Gasteiger partial charge on any atom is 0.179 e. The number of rotatable bonds is 5. The Morgan fingerprint density at radius 2 is 1.78 bits per heavy atom. The third kappa shape index (κ3) is 4.47. The van der Waals surface area contributed by atoms with E-state index in [-0.39, 0.29) is 27.8 Å². The standard InChI is InChI=1S/C10H14ClNO4S2/c1-17(13,14)5-2-6-18(15,16)10-4-3-8(12)7-9(10)11/h3-4,7H,2,5-6,12H2,1H3. The van der Waals surface area contributed by atoms with E-state index >= 15 is 0 Å². The molecule has 0 amide bonds. The van der Waals surface area contributed by atoms with E-state index in [0.29, 0.717) is 5.69 Å². The monoisotopic (exact) mass is 311 g/mol. The first-order chi connectivity index (χ1) is 8.12. The normalized spacial score (nSPS) is 12.6. The molecule has 0 heterocycles. The van der Waals surface area contributed by atoms with Gasteiger partial charge in [0.05, 0.1) is 21.4 Å². The van der Waals surface area contributed by atoms with Crippen LogP contribution < -0.4 is 5.73 Å². The fraction of sp³-hybridized carbons (Fsp3) is 0.400. The number of nitrogens with two attached hydrogens (primary N) is 1. The van der Waals surface area contributed by atoms with Crippen LogP contribution in [0.2, 0.25) is 5.02 Å². The Hall–Kier alpha value is -0.790. The molecule has 0 fully saturated rings. The van der Waals surface area contributed by atoms with Crippen molar-refractivity contribution in [2.75, 3.05) is 23.5 Å². The van der Waals surface area contributed by atoms with E-state index in [0.717, 1.165) is 6.26 Å². The minimum atomic E-state index is -3.58. The second-order valence-corrected chi connectivity index (χ2v) is 8.74. The average molecular weight is 312 g/mol. The Morgan fingerprint density at radius 3 is 2.28 bits per heavy atom. The molecule has 0 aromatic heterocycles. The molecule has 5 nitrogen and oxygen atoms in total. The van der Waals surface area contributed by atoms with Gasteiger partial charge in [0.1, 0.15) is 9.84 Å². The van der Waals surface area contributed by atoms with Gasteiger partial charge < -0.3 is 5.73 Å². The zero-order chi connectivity index (χ0) is 14.0. The van der Waals surface area contributed by atoms with Crippen molar-refractivity contribution in [3.8, 4) is 0 Å². The molecule has 0 atom stereocenters. The molecule has 18 heavy (non-hydrogen) atoms. The maximum absolute atomic E-state index is 11.9. The number of hydrogen-bond acceptors (Lipinski definition) is 5. The van der Waals surface area contributed by atoms with Crippen LogP contribution in [0.3, 0.4) is 0 Å². The minimum absolute atomic E-state index is 0.0214. The summed E-state index contributed by atoms with van der Waals surface area (Å²) < 4.78 is 45.7. The van der Waals surface area contributed by atoms with Crippen molar-refractivity contribution in [2.45, 2.75) is 11.3 Å². The first-order valence-corrected chi connectivity index (χ1v) is 9.16. The largest absolute Gasteiger partial charge is 0.399 e. The van der Waals surface area contributed by atoms with Crippen LogP contribution in [-0.4, -0.2) is 34.6 Å². The van der Waals surface area contributed by atoms with Crippen LogP contribution >= 0.6 is 11.6 Å². The zero-order valence-electron chi connectivity index (χ0n) is 9.76. The molecule has 0 aliphatic rings. The second-order valence-electron chi connectivity index (χ2n) is 3.99. The predicted octanol–water partition coefficient (Wildman–Crippen LogP) is 1.13. The lowest BCUT2D eigenvalue weighted by atomic mass is 10.3. The van der Waals surface area contributed by atoms with Crippen LogP contribution in [0, 0.1) is 0 Å². The Bertz CT molecular complexity index is 638. The van der Waals surface area contributed by atoms with Crippen molar-refractivity contribution in [3.63, 3.8) is 0 Å². The lowest BCUT2D eigenvalue weighted by Crippen LogP contribution is -2.12. The molecule has 0 unspecified atom stereocenters. The molecule has 0 saturated carbocycles. The molecule has 8 heteroatoms. The highest BCUT2D eigenvalue weighted by atomic mass is 35.5. The van der Waals surface area contributed by atoms with E-state index < -0.39 is 19.7 Å². The van der Waals surface area contributed by atoms with E-state index in [1.54, 1.807) is 0 Å². The summed E-state index contributed by atoms with van der Waals surface area (Å²) >= 11 is 5.81. The molecular weight excluding hydrogens is 298 g/mol. The van der Waals surface area contributed by atoms with Crippen LogP contribution in [0.4, 0.5) is 5.69 Å². The maximum atomic E-state index is 11.9. The van der Waals surface area contributed by atoms with Gasteiger partial charge in [-0.15, -0.1) is 0 Å². The fourth-order valence-electron chi connectivity index (χ4n) is 1.39. The van der Waals surface area contributed by atoms with Gasteiger partial charge in [-0.2, -0.15) is 0 Å². The summed E-state index contributed by atoms with van der Waals surface area (Å²) in [6, 6.07) is 4.12. The lowest BCUT2D eigenvalue weighted by molar-refractivity contribution is 0.592. The van der Waals surface area contributed by atoms with Crippen molar-refractivity contribution in [1.29, 1.82) is 0 Å². The highest BCUT2D eigenvalue weighted by Gasteiger charge is 2.18. The van der Waals surface area contributed by atoms with Crippen LogP contribution in [0.1, 0.15) is 6.42 Å².